The van der Waals surface area contributed by atoms with E-state index in [0.717, 1.165) is 41.1 Å². The van der Waals surface area contributed by atoms with Crippen LogP contribution in [-0.2, 0) is 6.61 Å². The predicted molar refractivity (Wildman–Crippen MR) is 62.4 cm³/mol. The first kappa shape index (κ1) is 10.5. The van der Waals surface area contributed by atoms with E-state index in [9.17, 15) is 5.11 Å². The second kappa shape index (κ2) is 3.96. The van der Waals surface area contributed by atoms with E-state index in [1.807, 2.05) is 19.1 Å². The SMILES string of the molecule is Cc1ncccc1-c1noc(C2CC2)c1CO. The van der Waals surface area contributed by atoms with Gasteiger partial charge in [0.05, 0.1) is 6.61 Å². The molecule has 2 aromatic rings. The number of pyridine rings is 1. The highest BCUT2D eigenvalue weighted by Gasteiger charge is 2.32. The van der Waals surface area contributed by atoms with Crippen molar-refractivity contribution in [2.45, 2.75) is 32.3 Å². The molecule has 0 unspecified atom stereocenters. The van der Waals surface area contributed by atoms with Crippen LogP contribution in [-0.4, -0.2) is 15.2 Å². The van der Waals surface area contributed by atoms with Crippen LogP contribution in [0.4, 0.5) is 0 Å². The summed E-state index contributed by atoms with van der Waals surface area (Å²) in [7, 11) is 0. The van der Waals surface area contributed by atoms with Gasteiger partial charge in [0.25, 0.3) is 0 Å². The van der Waals surface area contributed by atoms with E-state index in [1.165, 1.54) is 0 Å². The maximum Gasteiger partial charge on any atom is 0.145 e. The Kier molecular flexibility index (Phi) is 2.44. The summed E-state index contributed by atoms with van der Waals surface area (Å²) in [6.45, 7) is 1.90. The molecule has 0 aromatic carbocycles. The van der Waals surface area contributed by atoms with Crippen molar-refractivity contribution < 1.29 is 9.63 Å². The molecule has 1 fully saturated rings. The van der Waals surface area contributed by atoms with Crippen molar-refractivity contribution in [3.63, 3.8) is 0 Å². The minimum absolute atomic E-state index is 0.0288. The Balaban J connectivity index is 2.11. The summed E-state index contributed by atoms with van der Waals surface area (Å²) >= 11 is 0. The van der Waals surface area contributed by atoms with Gasteiger partial charge in [-0.25, -0.2) is 0 Å². The molecule has 0 amide bonds. The molecule has 1 saturated carbocycles. The maximum atomic E-state index is 9.50. The summed E-state index contributed by atoms with van der Waals surface area (Å²) in [6.07, 6.45) is 4.01. The lowest BCUT2D eigenvalue weighted by molar-refractivity contribution is 0.277. The molecule has 3 rings (SSSR count). The summed E-state index contributed by atoms with van der Waals surface area (Å²) in [4.78, 5) is 4.24. The topological polar surface area (TPSA) is 59.2 Å². The fourth-order valence-corrected chi connectivity index (χ4v) is 2.09. The van der Waals surface area contributed by atoms with Crippen LogP contribution in [0.25, 0.3) is 11.3 Å². The van der Waals surface area contributed by atoms with Crippen LogP contribution in [0.3, 0.4) is 0 Å². The molecule has 0 bridgehead atoms. The number of rotatable bonds is 3. The van der Waals surface area contributed by atoms with Crippen molar-refractivity contribution in [2.24, 2.45) is 0 Å². The van der Waals surface area contributed by atoms with E-state index >= 15 is 0 Å². The molecular formula is C13H14N2O2. The molecule has 0 radical (unpaired) electrons. The van der Waals surface area contributed by atoms with E-state index in [-0.39, 0.29) is 6.61 Å². The van der Waals surface area contributed by atoms with Gasteiger partial charge in [-0.2, -0.15) is 0 Å². The second-order valence-corrected chi connectivity index (χ2v) is 4.44. The molecule has 1 aliphatic carbocycles. The fourth-order valence-electron chi connectivity index (χ4n) is 2.09. The summed E-state index contributed by atoms with van der Waals surface area (Å²) in [5.41, 5.74) is 3.40. The largest absolute Gasteiger partial charge is 0.391 e. The molecule has 1 aliphatic rings. The molecule has 17 heavy (non-hydrogen) atoms. The standard InChI is InChI=1S/C13H14N2O2/c1-8-10(3-2-6-14-8)12-11(7-16)13(17-15-12)9-4-5-9/h2-3,6,9,16H,4-5,7H2,1H3. The van der Waals surface area contributed by atoms with Crippen LogP contribution in [0.2, 0.25) is 0 Å². The zero-order chi connectivity index (χ0) is 11.8. The smallest absolute Gasteiger partial charge is 0.145 e. The molecule has 1 N–H and O–H groups in total. The lowest BCUT2D eigenvalue weighted by Gasteiger charge is -2.02. The summed E-state index contributed by atoms with van der Waals surface area (Å²) in [5, 5.41) is 13.6. The van der Waals surface area contributed by atoms with Crippen LogP contribution in [0.5, 0.6) is 0 Å². The van der Waals surface area contributed by atoms with Gasteiger partial charge in [-0.15, -0.1) is 0 Å². The van der Waals surface area contributed by atoms with Gasteiger partial charge >= 0.3 is 0 Å². The monoisotopic (exact) mass is 230 g/mol. The van der Waals surface area contributed by atoms with E-state index < -0.39 is 0 Å². The third-order valence-corrected chi connectivity index (χ3v) is 3.19. The summed E-state index contributed by atoms with van der Waals surface area (Å²) < 4.78 is 5.38. The van der Waals surface area contributed by atoms with Crippen molar-refractivity contribution >= 4 is 0 Å². The average Bonchev–Trinajstić information content (AvgIpc) is 3.10. The highest BCUT2D eigenvalue weighted by atomic mass is 16.5. The summed E-state index contributed by atoms with van der Waals surface area (Å²) in [6, 6.07) is 3.82. The van der Waals surface area contributed by atoms with Crippen molar-refractivity contribution in [2.75, 3.05) is 0 Å². The normalized spacial score (nSPS) is 15.2. The van der Waals surface area contributed by atoms with Crippen LogP contribution in [0.1, 0.15) is 35.8 Å². The Morgan fingerprint density at radius 3 is 2.94 bits per heavy atom. The van der Waals surface area contributed by atoms with Gasteiger partial charge < -0.3 is 9.63 Å². The zero-order valence-corrected chi connectivity index (χ0v) is 9.68. The first-order chi connectivity index (χ1) is 8.31. The van der Waals surface area contributed by atoms with Crippen LogP contribution in [0, 0.1) is 6.92 Å². The average molecular weight is 230 g/mol. The molecule has 2 heterocycles. The van der Waals surface area contributed by atoms with Gasteiger partial charge in [0.2, 0.25) is 0 Å². The Hall–Kier alpha value is -1.68. The molecular weight excluding hydrogens is 216 g/mol. The molecule has 2 aromatic heterocycles. The van der Waals surface area contributed by atoms with Crippen molar-refractivity contribution in [3.05, 3.63) is 35.3 Å². The number of aliphatic hydroxyl groups is 1. The van der Waals surface area contributed by atoms with Crippen LogP contribution < -0.4 is 0 Å². The van der Waals surface area contributed by atoms with Gasteiger partial charge in [-0.3, -0.25) is 4.98 Å². The number of nitrogens with zero attached hydrogens (tertiary/aromatic N) is 2. The van der Waals surface area contributed by atoms with Crippen molar-refractivity contribution in [3.8, 4) is 11.3 Å². The fraction of sp³-hybridized carbons (Fsp3) is 0.385. The third-order valence-electron chi connectivity index (χ3n) is 3.19. The minimum Gasteiger partial charge on any atom is -0.391 e. The Bertz CT molecular complexity index is 544. The van der Waals surface area contributed by atoms with E-state index in [2.05, 4.69) is 10.1 Å². The molecule has 0 saturated heterocycles. The van der Waals surface area contributed by atoms with Crippen LogP contribution >= 0.6 is 0 Å². The minimum atomic E-state index is -0.0288. The number of hydrogen-bond acceptors (Lipinski definition) is 4. The number of aromatic nitrogens is 2. The summed E-state index contributed by atoms with van der Waals surface area (Å²) in [5.74, 6) is 1.31. The highest BCUT2D eigenvalue weighted by Crippen LogP contribution is 2.44. The van der Waals surface area contributed by atoms with E-state index in [1.54, 1.807) is 6.20 Å². The molecule has 0 atom stereocenters. The highest BCUT2D eigenvalue weighted by molar-refractivity contribution is 5.65. The zero-order valence-electron chi connectivity index (χ0n) is 9.68. The lowest BCUT2D eigenvalue weighted by atomic mass is 10.0. The Morgan fingerprint density at radius 2 is 2.29 bits per heavy atom. The van der Waals surface area contributed by atoms with E-state index in [0.29, 0.717) is 5.92 Å². The molecule has 88 valence electrons. The van der Waals surface area contributed by atoms with Gasteiger partial charge in [0, 0.05) is 28.9 Å². The van der Waals surface area contributed by atoms with E-state index in [4.69, 9.17) is 4.52 Å². The van der Waals surface area contributed by atoms with Crippen LogP contribution in [0.15, 0.2) is 22.9 Å². The molecule has 0 spiro atoms. The first-order valence-corrected chi connectivity index (χ1v) is 5.82. The van der Waals surface area contributed by atoms with Gasteiger partial charge in [0.1, 0.15) is 11.5 Å². The molecule has 0 aliphatic heterocycles. The van der Waals surface area contributed by atoms with Gasteiger partial charge in [-0.1, -0.05) is 5.16 Å². The van der Waals surface area contributed by atoms with Crippen molar-refractivity contribution in [1.82, 2.24) is 10.1 Å². The van der Waals surface area contributed by atoms with Gasteiger partial charge in [-0.05, 0) is 31.9 Å². The second-order valence-electron chi connectivity index (χ2n) is 4.44. The maximum absolute atomic E-state index is 9.50. The number of aryl methyl sites for hydroxylation is 1. The lowest BCUT2D eigenvalue weighted by Crippen LogP contribution is -1.93. The molecule has 4 nitrogen and oxygen atoms in total. The Labute approximate surface area is 99.3 Å². The quantitative estimate of drug-likeness (QED) is 0.879. The third kappa shape index (κ3) is 1.74. The first-order valence-electron chi connectivity index (χ1n) is 5.82. The number of aliphatic hydroxyl groups excluding tert-OH is 1. The predicted octanol–water partition coefficient (Wildman–Crippen LogP) is 2.41. The molecule has 4 heteroatoms. The van der Waals surface area contributed by atoms with Gasteiger partial charge in [0.15, 0.2) is 0 Å². The van der Waals surface area contributed by atoms with Crippen molar-refractivity contribution in [1.29, 1.82) is 0 Å². The Morgan fingerprint density at radius 1 is 1.47 bits per heavy atom. The number of hydrogen-bond donors (Lipinski definition) is 1.